The number of nitrogens with zero attached hydrogens (tertiary/aromatic N) is 1. The highest BCUT2D eigenvalue weighted by atomic mass is 16.7. The number of oxime groups is 1. The first kappa shape index (κ1) is 13.5. The minimum atomic E-state index is -0.736. The number of aliphatic hydroxyl groups excluding tert-OH is 1. The molecule has 102 valence electrons. The Morgan fingerprint density at radius 1 is 1.42 bits per heavy atom. The molecule has 0 unspecified atom stereocenters. The smallest absolute Gasteiger partial charge is 0.302 e. The Hall–Kier alpha value is -1.88. The number of rotatable bonds is 5. The van der Waals surface area contributed by atoms with Crippen LogP contribution in [0.15, 0.2) is 35.5 Å². The lowest BCUT2D eigenvalue weighted by Crippen LogP contribution is -2.29. The van der Waals surface area contributed by atoms with E-state index in [1.54, 1.807) is 0 Å². The third-order valence-corrected chi connectivity index (χ3v) is 2.93. The van der Waals surface area contributed by atoms with Crippen molar-refractivity contribution >= 4 is 11.7 Å². The Labute approximate surface area is 111 Å². The summed E-state index contributed by atoms with van der Waals surface area (Å²) in [6.45, 7) is 1.71. The number of aliphatic hydroxyl groups is 1. The summed E-state index contributed by atoms with van der Waals surface area (Å²) in [5.41, 5.74) is 1.41. The summed E-state index contributed by atoms with van der Waals surface area (Å²) in [6.07, 6.45) is 0.123. The van der Waals surface area contributed by atoms with Gasteiger partial charge in [-0.15, -0.1) is 0 Å². The zero-order chi connectivity index (χ0) is 13.7. The van der Waals surface area contributed by atoms with E-state index >= 15 is 0 Å². The van der Waals surface area contributed by atoms with Crippen molar-refractivity contribution in [1.82, 2.24) is 0 Å². The highest BCUT2D eigenvalue weighted by Gasteiger charge is 2.32. The molecule has 0 aromatic heterocycles. The summed E-state index contributed by atoms with van der Waals surface area (Å²) in [5, 5.41) is 14.1. The van der Waals surface area contributed by atoms with Gasteiger partial charge in [0.2, 0.25) is 0 Å². The molecule has 1 heterocycles. The monoisotopic (exact) mass is 263 g/mol. The normalized spacial score (nSPS) is 21.7. The maximum absolute atomic E-state index is 10.6. The van der Waals surface area contributed by atoms with Crippen molar-refractivity contribution in [2.45, 2.75) is 32.0 Å². The fourth-order valence-electron chi connectivity index (χ4n) is 1.96. The van der Waals surface area contributed by atoms with Gasteiger partial charge >= 0.3 is 5.97 Å². The van der Waals surface area contributed by atoms with Crippen LogP contribution in [0.25, 0.3) is 0 Å². The van der Waals surface area contributed by atoms with Gasteiger partial charge in [0.1, 0.15) is 11.8 Å². The van der Waals surface area contributed by atoms with E-state index in [9.17, 15) is 9.90 Å². The molecule has 2 atom stereocenters. The summed E-state index contributed by atoms with van der Waals surface area (Å²) in [5.74, 6) is -0.297. The molecule has 0 bridgehead atoms. The summed E-state index contributed by atoms with van der Waals surface area (Å²) in [6, 6.07) is 9.44. The Morgan fingerprint density at radius 2 is 2.16 bits per heavy atom. The molecule has 1 aromatic rings. The Bertz CT molecular complexity index is 458. The molecule has 1 N–H and O–H groups in total. The van der Waals surface area contributed by atoms with Gasteiger partial charge in [0.15, 0.2) is 6.10 Å². The van der Waals surface area contributed by atoms with Crippen LogP contribution in [-0.4, -0.2) is 35.6 Å². The van der Waals surface area contributed by atoms with Crippen LogP contribution in [-0.2, 0) is 14.4 Å². The van der Waals surface area contributed by atoms with E-state index < -0.39 is 6.10 Å². The van der Waals surface area contributed by atoms with Crippen molar-refractivity contribution in [2.75, 3.05) is 6.61 Å². The second-order valence-corrected chi connectivity index (χ2v) is 4.41. The molecule has 1 aromatic carbocycles. The lowest BCUT2D eigenvalue weighted by molar-refractivity contribution is -0.141. The van der Waals surface area contributed by atoms with Gasteiger partial charge in [0.25, 0.3) is 0 Å². The molecule has 1 aliphatic heterocycles. The number of ether oxygens (including phenoxy) is 1. The van der Waals surface area contributed by atoms with Crippen molar-refractivity contribution in [3.63, 3.8) is 0 Å². The molecule has 5 nitrogen and oxygen atoms in total. The Balaban J connectivity index is 1.83. The highest BCUT2D eigenvalue weighted by molar-refractivity contribution is 6.04. The average Bonchev–Trinajstić information content (AvgIpc) is 2.77. The first-order valence-corrected chi connectivity index (χ1v) is 6.29. The van der Waals surface area contributed by atoms with E-state index in [-0.39, 0.29) is 12.1 Å². The van der Waals surface area contributed by atoms with Crippen LogP contribution < -0.4 is 0 Å². The van der Waals surface area contributed by atoms with Crippen LogP contribution in [0, 0.1) is 0 Å². The van der Waals surface area contributed by atoms with Crippen LogP contribution in [0.4, 0.5) is 0 Å². The first-order valence-electron chi connectivity index (χ1n) is 6.29. The molecule has 0 spiro atoms. The van der Waals surface area contributed by atoms with Gasteiger partial charge in [-0.3, -0.25) is 4.79 Å². The number of hydrogen-bond acceptors (Lipinski definition) is 5. The van der Waals surface area contributed by atoms with E-state index in [4.69, 9.17) is 9.57 Å². The van der Waals surface area contributed by atoms with Crippen LogP contribution in [0.2, 0.25) is 0 Å². The third-order valence-electron chi connectivity index (χ3n) is 2.93. The van der Waals surface area contributed by atoms with Gasteiger partial charge in [-0.1, -0.05) is 35.5 Å². The second-order valence-electron chi connectivity index (χ2n) is 4.41. The second kappa shape index (κ2) is 6.33. The fraction of sp³-hybridized carbons (Fsp3) is 0.429. The van der Waals surface area contributed by atoms with Crippen LogP contribution in [0.1, 0.15) is 25.3 Å². The molecule has 1 aliphatic rings. The molecule has 0 aliphatic carbocycles. The minimum Gasteiger partial charge on any atom is -0.466 e. The summed E-state index contributed by atoms with van der Waals surface area (Å²) >= 11 is 0. The molecular weight excluding hydrogens is 246 g/mol. The quantitative estimate of drug-likeness (QED) is 0.645. The van der Waals surface area contributed by atoms with Gasteiger partial charge in [-0.25, -0.2) is 0 Å². The van der Waals surface area contributed by atoms with Gasteiger partial charge in [-0.05, 0) is 12.8 Å². The van der Waals surface area contributed by atoms with Crippen LogP contribution in [0.5, 0.6) is 0 Å². The lowest BCUT2D eigenvalue weighted by Gasteiger charge is -2.13. The SMILES string of the molecule is CC(=O)OCCC[C@@H]1ON=C(c2ccccc2)[C@H]1O. The fourth-order valence-corrected chi connectivity index (χ4v) is 1.96. The zero-order valence-corrected chi connectivity index (χ0v) is 10.8. The number of hydrogen-bond donors (Lipinski definition) is 1. The number of benzene rings is 1. The molecule has 0 fully saturated rings. The van der Waals surface area contributed by atoms with Gasteiger partial charge in [-0.2, -0.15) is 0 Å². The van der Waals surface area contributed by atoms with E-state index in [0.29, 0.717) is 25.2 Å². The number of esters is 1. The van der Waals surface area contributed by atoms with Crippen molar-refractivity contribution in [1.29, 1.82) is 0 Å². The van der Waals surface area contributed by atoms with Crippen LogP contribution in [0.3, 0.4) is 0 Å². The summed E-state index contributed by atoms with van der Waals surface area (Å²) < 4.78 is 4.83. The molecule has 0 radical (unpaired) electrons. The van der Waals surface area contributed by atoms with Crippen molar-refractivity contribution in [3.8, 4) is 0 Å². The Kier molecular flexibility index (Phi) is 4.52. The highest BCUT2D eigenvalue weighted by Crippen LogP contribution is 2.20. The topological polar surface area (TPSA) is 68.1 Å². The molecule has 0 amide bonds. The zero-order valence-electron chi connectivity index (χ0n) is 10.8. The largest absolute Gasteiger partial charge is 0.466 e. The molecule has 0 saturated heterocycles. The summed E-state index contributed by atoms with van der Waals surface area (Å²) in [7, 11) is 0. The Morgan fingerprint density at radius 3 is 2.84 bits per heavy atom. The standard InChI is InChI=1S/C14H17NO4/c1-10(16)18-9-5-8-12-14(17)13(15-19-12)11-6-3-2-4-7-11/h2-4,6-7,12,14,17H,5,8-9H2,1H3/t12-,14-/m0/s1. The minimum absolute atomic E-state index is 0.297. The molecule has 5 heteroatoms. The van der Waals surface area contributed by atoms with Gasteiger partial charge in [0, 0.05) is 12.5 Å². The predicted octanol–water partition coefficient (Wildman–Crippen LogP) is 1.49. The van der Waals surface area contributed by atoms with E-state index in [2.05, 4.69) is 5.16 Å². The molecule has 2 rings (SSSR count). The molecule has 19 heavy (non-hydrogen) atoms. The maximum atomic E-state index is 10.6. The van der Waals surface area contributed by atoms with Gasteiger partial charge < -0.3 is 14.7 Å². The lowest BCUT2D eigenvalue weighted by atomic mass is 10.00. The van der Waals surface area contributed by atoms with Crippen molar-refractivity contribution in [2.24, 2.45) is 5.16 Å². The van der Waals surface area contributed by atoms with Crippen molar-refractivity contribution < 1.29 is 19.5 Å². The van der Waals surface area contributed by atoms with E-state index in [1.165, 1.54) is 6.92 Å². The first-order chi connectivity index (χ1) is 9.18. The van der Waals surface area contributed by atoms with E-state index in [1.807, 2.05) is 30.3 Å². The average molecular weight is 263 g/mol. The number of carbonyl (C=O) groups is 1. The molecule has 0 saturated carbocycles. The summed E-state index contributed by atoms with van der Waals surface area (Å²) in [4.78, 5) is 15.9. The van der Waals surface area contributed by atoms with E-state index in [0.717, 1.165) is 5.56 Å². The van der Waals surface area contributed by atoms with Crippen molar-refractivity contribution in [3.05, 3.63) is 35.9 Å². The van der Waals surface area contributed by atoms with Gasteiger partial charge in [0.05, 0.1) is 6.61 Å². The predicted molar refractivity (Wildman–Crippen MR) is 69.7 cm³/mol. The number of carbonyl (C=O) groups excluding carboxylic acids is 1. The van der Waals surface area contributed by atoms with Crippen LogP contribution >= 0.6 is 0 Å². The third kappa shape index (κ3) is 3.54. The maximum Gasteiger partial charge on any atom is 0.302 e. The molecular formula is C14H17NO4.